The second-order valence-electron chi connectivity index (χ2n) is 6.17. The zero-order valence-electron chi connectivity index (χ0n) is 13.4. The molecule has 1 amide bonds. The zero-order chi connectivity index (χ0) is 16.9. The van der Waals surface area contributed by atoms with Crippen molar-refractivity contribution in [1.29, 1.82) is 0 Å². The monoisotopic (exact) mass is 388 g/mol. The first-order valence-corrected chi connectivity index (χ1v) is 8.99. The first-order valence-electron chi connectivity index (χ1n) is 8.20. The molecule has 24 heavy (non-hydrogen) atoms. The van der Waals surface area contributed by atoms with Gasteiger partial charge >= 0.3 is 0 Å². The summed E-state index contributed by atoms with van der Waals surface area (Å²) in [6.07, 6.45) is 3.86. The standard InChI is InChI=1S/C19H21BrN2O2/c20-14-2-1-3-18(12-14)24-17-10-4-13(5-11-17)19(23)22-16-8-6-15(21)7-9-16/h1-5,10-12,15-16H,6-9,21H2,(H,22,23). The number of nitrogens with two attached hydrogens (primary N) is 1. The zero-order valence-corrected chi connectivity index (χ0v) is 15.0. The van der Waals surface area contributed by atoms with E-state index in [2.05, 4.69) is 21.2 Å². The van der Waals surface area contributed by atoms with Crippen LogP contribution in [-0.2, 0) is 0 Å². The number of hydrogen-bond donors (Lipinski definition) is 2. The molecule has 0 aromatic heterocycles. The topological polar surface area (TPSA) is 64.3 Å². The van der Waals surface area contributed by atoms with E-state index in [9.17, 15) is 4.79 Å². The van der Waals surface area contributed by atoms with E-state index in [1.807, 2.05) is 36.4 Å². The molecule has 2 aromatic carbocycles. The van der Waals surface area contributed by atoms with Crippen LogP contribution in [0.15, 0.2) is 53.0 Å². The van der Waals surface area contributed by atoms with Gasteiger partial charge in [-0.2, -0.15) is 0 Å². The molecule has 0 spiro atoms. The van der Waals surface area contributed by atoms with E-state index in [1.165, 1.54) is 0 Å². The minimum absolute atomic E-state index is 0.0375. The summed E-state index contributed by atoms with van der Waals surface area (Å²) in [4.78, 5) is 12.3. The van der Waals surface area contributed by atoms with Gasteiger partial charge in [0.25, 0.3) is 5.91 Å². The average molecular weight is 389 g/mol. The Morgan fingerprint density at radius 3 is 2.42 bits per heavy atom. The van der Waals surface area contributed by atoms with Crippen LogP contribution in [0.5, 0.6) is 11.5 Å². The summed E-state index contributed by atoms with van der Waals surface area (Å²) in [5.74, 6) is 1.41. The molecule has 0 radical (unpaired) electrons. The number of rotatable bonds is 4. The molecule has 0 bridgehead atoms. The van der Waals surface area contributed by atoms with Crippen molar-refractivity contribution in [2.75, 3.05) is 0 Å². The van der Waals surface area contributed by atoms with E-state index < -0.39 is 0 Å². The molecule has 1 aliphatic carbocycles. The van der Waals surface area contributed by atoms with Crippen molar-refractivity contribution in [2.24, 2.45) is 5.73 Å². The molecule has 3 rings (SSSR count). The van der Waals surface area contributed by atoms with Gasteiger partial charge < -0.3 is 15.8 Å². The molecular weight excluding hydrogens is 368 g/mol. The van der Waals surface area contributed by atoms with Crippen LogP contribution in [0.1, 0.15) is 36.0 Å². The van der Waals surface area contributed by atoms with Gasteiger partial charge in [0, 0.05) is 22.1 Å². The van der Waals surface area contributed by atoms with Crippen LogP contribution < -0.4 is 15.8 Å². The fourth-order valence-electron chi connectivity index (χ4n) is 2.87. The smallest absolute Gasteiger partial charge is 0.251 e. The van der Waals surface area contributed by atoms with Crippen LogP contribution in [-0.4, -0.2) is 18.0 Å². The van der Waals surface area contributed by atoms with Gasteiger partial charge in [-0.1, -0.05) is 22.0 Å². The lowest BCUT2D eigenvalue weighted by Crippen LogP contribution is -2.40. The van der Waals surface area contributed by atoms with Gasteiger partial charge in [0.05, 0.1) is 0 Å². The lowest BCUT2D eigenvalue weighted by atomic mass is 9.91. The number of halogens is 1. The molecule has 0 unspecified atom stereocenters. The third kappa shape index (κ3) is 4.58. The highest BCUT2D eigenvalue weighted by molar-refractivity contribution is 9.10. The highest BCUT2D eigenvalue weighted by Gasteiger charge is 2.20. The molecule has 0 saturated heterocycles. The molecule has 0 atom stereocenters. The van der Waals surface area contributed by atoms with Crippen LogP contribution in [0.4, 0.5) is 0 Å². The predicted octanol–water partition coefficient (Wildman–Crippen LogP) is 4.24. The molecule has 5 heteroatoms. The summed E-state index contributed by atoms with van der Waals surface area (Å²) in [5, 5.41) is 3.09. The van der Waals surface area contributed by atoms with Crippen molar-refractivity contribution in [3.8, 4) is 11.5 Å². The van der Waals surface area contributed by atoms with Crippen LogP contribution >= 0.6 is 15.9 Å². The van der Waals surface area contributed by atoms with Gasteiger partial charge in [0.1, 0.15) is 11.5 Å². The van der Waals surface area contributed by atoms with Crippen LogP contribution in [0, 0.1) is 0 Å². The highest BCUT2D eigenvalue weighted by Crippen LogP contribution is 2.24. The number of ether oxygens (including phenoxy) is 1. The number of carbonyl (C=O) groups is 1. The fourth-order valence-corrected chi connectivity index (χ4v) is 3.25. The molecule has 126 valence electrons. The maximum Gasteiger partial charge on any atom is 0.251 e. The minimum Gasteiger partial charge on any atom is -0.457 e. The quantitative estimate of drug-likeness (QED) is 0.822. The third-order valence-corrected chi connectivity index (χ3v) is 4.75. The number of hydrogen-bond acceptors (Lipinski definition) is 3. The summed E-state index contributed by atoms with van der Waals surface area (Å²) in [6, 6.07) is 15.4. The molecule has 0 aliphatic heterocycles. The molecule has 1 saturated carbocycles. The molecule has 1 fully saturated rings. The van der Waals surface area contributed by atoms with Gasteiger partial charge in [0.15, 0.2) is 0 Å². The second kappa shape index (κ2) is 7.81. The SMILES string of the molecule is NC1CCC(NC(=O)c2ccc(Oc3cccc(Br)c3)cc2)CC1. The van der Waals surface area contributed by atoms with Gasteiger partial charge in [-0.05, 0) is 68.1 Å². The number of nitrogens with one attached hydrogen (secondary N) is 1. The maximum atomic E-state index is 12.3. The van der Waals surface area contributed by atoms with Gasteiger partial charge in [-0.15, -0.1) is 0 Å². The van der Waals surface area contributed by atoms with Crippen molar-refractivity contribution < 1.29 is 9.53 Å². The van der Waals surface area contributed by atoms with Gasteiger partial charge in [0.2, 0.25) is 0 Å². The van der Waals surface area contributed by atoms with Gasteiger partial charge in [-0.3, -0.25) is 4.79 Å². The van der Waals surface area contributed by atoms with Crippen LogP contribution in [0.2, 0.25) is 0 Å². The normalized spacial score (nSPS) is 20.4. The van der Waals surface area contributed by atoms with E-state index in [0.717, 1.165) is 35.9 Å². The van der Waals surface area contributed by atoms with E-state index >= 15 is 0 Å². The lowest BCUT2D eigenvalue weighted by Gasteiger charge is -2.26. The summed E-state index contributed by atoms with van der Waals surface area (Å²) < 4.78 is 6.74. The minimum atomic E-state index is -0.0375. The Labute approximate surface area is 150 Å². The van der Waals surface area contributed by atoms with Crippen molar-refractivity contribution >= 4 is 21.8 Å². The van der Waals surface area contributed by atoms with Crippen molar-refractivity contribution in [3.63, 3.8) is 0 Å². The molecule has 2 aromatic rings. The van der Waals surface area contributed by atoms with Gasteiger partial charge in [-0.25, -0.2) is 0 Å². The molecule has 0 heterocycles. The largest absolute Gasteiger partial charge is 0.457 e. The Morgan fingerprint density at radius 1 is 1.04 bits per heavy atom. The van der Waals surface area contributed by atoms with E-state index in [-0.39, 0.29) is 18.0 Å². The average Bonchev–Trinajstić information content (AvgIpc) is 2.57. The van der Waals surface area contributed by atoms with E-state index in [1.54, 1.807) is 12.1 Å². The molecule has 1 aliphatic rings. The lowest BCUT2D eigenvalue weighted by molar-refractivity contribution is 0.0926. The predicted molar refractivity (Wildman–Crippen MR) is 98.4 cm³/mol. The number of benzene rings is 2. The highest BCUT2D eigenvalue weighted by atomic mass is 79.9. The number of carbonyl (C=O) groups excluding carboxylic acids is 1. The Hall–Kier alpha value is -1.85. The van der Waals surface area contributed by atoms with E-state index in [0.29, 0.717) is 11.3 Å². The first-order chi connectivity index (χ1) is 11.6. The Balaban J connectivity index is 1.58. The second-order valence-corrected chi connectivity index (χ2v) is 7.08. The summed E-state index contributed by atoms with van der Waals surface area (Å²) in [6.45, 7) is 0. The van der Waals surface area contributed by atoms with Crippen LogP contribution in [0.25, 0.3) is 0 Å². The Bertz CT molecular complexity index is 695. The summed E-state index contributed by atoms with van der Waals surface area (Å²) in [7, 11) is 0. The Kier molecular flexibility index (Phi) is 5.53. The summed E-state index contributed by atoms with van der Waals surface area (Å²) >= 11 is 3.42. The molecule has 3 N–H and O–H groups in total. The maximum absolute atomic E-state index is 12.3. The molecule has 4 nitrogen and oxygen atoms in total. The summed E-state index contributed by atoms with van der Waals surface area (Å²) in [5.41, 5.74) is 6.54. The fraction of sp³-hybridized carbons (Fsp3) is 0.316. The number of amides is 1. The van der Waals surface area contributed by atoms with Crippen LogP contribution in [0.3, 0.4) is 0 Å². The first kappa shape index (κ1) is 17.0. The van der Waals surface area contributed by atoms with Crippen molar-refractivity contribution in [2.45, 2.75) is 37.8 Å². The van der Waals surface area contributed by atoms with E-state index in [4.69, 9.17) is 10.5 Å². The Morgan fingerprint density at radius 2 is 1.75 bits per heavy atom. The third-order valence-electron chi connectivity index (χ3n) is 4.26. The van der Waals surface area contributed by atoms with Crippen molar-refractivity contribution in [1.82, 2.24) is 5.32 Å². The molecular formula is C19H21BrN2O2. The van der Waals surface area contributed by atoms with Crippen molar-refractivity contribution in [3.05, 3.63) is 58.6 Å².